The molecule has 5 nitrogen and oxygen atoms in total. The Balaban J connectivity index is 1.71. The van der Waals surface area contributed by atoms with E-state index in [2.05, 4.69) is 23.0 Å². The Morgan fingerprint density at radius 2 is 1.83 bits per heavy atom. The number of nitrogens with zero attached hydrogens (tertiary/aromatic N) is 4. The summed E-state index contributed by atoms with van der Waals surface area (Å²) >= 11 is 0. The van der Waals surface area contributed by atoms with Crippen LogP contribution in [0.5, 0.6) is 0 Å². The van der Waals surface area contributed by atoms with Gasteiger partial charge >= 0.3 is 0 Å². The molecule has 0 bridgehead atoms. The number of hydrogen-bond acceptors (Lipinski definition) is 4. The molecule has 30 heavy (non-hydrogen) atoms. The van der Waals surface area contributed by atoms with Gasteiger partial charge < -0.3 is 0 Å². The molecule has 0 spiro atoms. The van der Waals surface area contributed by atoms with Gasteiger partial charge in [0.2, 0.25) is 0 Å². The summed E-state index contributed by atoms with van der Waals surface area (Å²) in [7, 11) is 0. The molecule has 4 rings (SSSR count). The average Bonchev–Trinajstić information content (AvgIpc) is 2.80. The van der Waals surface area contributed by atoms with E-state index in [1.165, 1.54) is 0 Å². The number of benzene rings is 2. The second kappa shape index (κ2) is 8.71. The minimum Gasteiger partial charge on any atom is -0.292 e. The maximum absolute atomic E-state index is 13.1. The average molecular weight is 394 g/mol. The lowest BCUT2D eigenvalue weighted by Crippen LogP contribution is -2.26. The van der Waals surface area contributed by atoms with E-state index in [9.17, 15) is 10.1 Å². The van der Waals surface area contributed by atoms with Crippen LogP contribution < -0.4 is 5.56 Å². The van der Waals surface area contributed by atoms with Gasteiger partial charge in [-0.25, -0.2) is 9.97 Å². The van der Waals surface area contributed by atoms with Gasteiger partial charge in [0, 0.05) is 12.6 Å². The quantitative estimate of drug-likeness (QED) is 0.474. The molecule has 2 aromatic carbocycles. The van der Waals surface area contributed by atoms with Crippen LogP contribution in [-0.4, -0.2) is 14.5 Å². The van der Waals surface area contributed by atoms with E-state index in [0.29, 0.717) is 23.1 Å². The summed E-state index contributed by atoms with van der Waals surface area (Å²) < 4.78 is 1.76. The number of hydrogen-bond donors (Lipinski definition) is 0. The fourth-order valence-electron chi connectivity index (χ4n) is 3.59. The predicted molar refractivity (Wildman–Crippen MR) is 118 cm³/mol. The number of rotatable bonds is 6. The summed E-state index contributed by atoms with van der Waals surface area (Å²) in [5.74, 6) is 0.770. The summed E-state index contributed by atoms with van der Waals surface area (Å²) in [6, 6.07) is 21.4. The van der Waals surface area contributed by atoms with E-state index >= 15 is 0 Å². The van der Waals surface area contributed by atoms with Gasteiger partial charge in [0.15, 0.2) is 5.65 Å². The Hall–Kier alpha value is -3.78. The molecule has 0 fully saturated rings. The molecule has 0 radical (unpaired) electrons. The summed E-state index contributed by atoms with van der Waals surface area (Å²) in [5.41, 5.74) is 4.00. The van der Waals surface area contributed by atoms with Crippen LogP contribution in [0.3, 0.4) is 0 Å². The molecule has 5 heteroatoms. The number of aryl methyl sites for hydroxylation is 1. The highest BCUT2D eigenvalue weighted by Crippen LogP contribution is 2.23. The highest BCUT2D eigenvalue weighted by Gasteiger charge is 2.12. The fourth-order valence-corrected chi connectivity index (χ4v) is 3.59. The minimum absolute atomic E-state index is 0.0573. The zero-order valence-corrected chi connectivity index (χ0v) is 16.9. The lowest BCUT2D eigenvalue weighted by atomic mass is 9.99. The predicted octanol–water partition coefficient (Wildman–Crippen LogP) is 4.72. The van der Waals surface area contributed by atoms with E-state index in [0.717, 1.165) is 41.8 Å². The third-order valence-corrected chi connectivity index (χ3v) is 5.22. The minimum atomic E-state index is -0.0573. The topological polar surface area (TPSA) is 71.6 Å². The second-order valence-electron chi connectivity index (χ2n) is 7.25. The van der Waals surface area contributed by atoms with Crippen LogP contribution in [0.25, 0.3) is 22.2 Å². The molecule has 0 aliphatic rings. The van der Waals surface area contributed by atoms with Crippen molar-refractivity contribution in [3.05, 3.63) is 94.2 Å². The first-order valence-electron chi connectivity index (χ1n) is 10.1. The smallest absolute Gasteiger partial charge is 0.263 e. The second-order valence-corrected chi connectivity index (χ2v) is 7.25. The maximum Gasteiger partial charge on any atom is 0.263 e. The molecule has 0 aliphatic carbocycles. The van der Waals surface area contributed by atoms with Crippen molar-refractivity contribution in [1.29, 1.82) is 5.26 Å². The van der Waals surface area contributed by atoms with Gasteiger partial charge in [-0.1, -0.05) is 55.8 Å². The van der Waals surface area contributed by atoms with Crippen molar-refractivity contribution in [3.63, 3.8) is 0 Å². The molecule has 0 saturated heterocycles. The molecule has 0 aliphatic heterocycles. The summed E-state index contributed by atoms with van der Waals surface area (Å²) in [6.45, 7) is 2.58. The fraction of sp³-hybridized carbons (Fsp3) is 0.200. The molecule has 0 N–H and O–H groups in total. The Bertz CT molecular complexity index is 1280. The van der Waals surface area contributed by atoms with Gasteiger partial charge in [0.1, 0.15) is 5.82 Å². The summed E-state index contributed by atoms with van der Waals surface area (Å²) in [5, 5.41) is 9.89. The molecule has 0 atom stereocenters. The standard InChI is InChI=1S/C25H22N4O/c1-2-3-10-23-28-24-22(9-6-15-27-24)25(30)29(23)17-18-11-13-19(14-12-18)21-8-5-4-7-20(21)16-26/h4-9,11-15H,2-3,10,17H2,1H3. The zero-order valence-electron chi connectivity index (χ0n) is 16.9. The van der Waals surface area contributed by atoms with Crippen molar-refractivity contribution in [2.24, 2.45) is 0 Å². The summed E-state index contributed by atoms with van der Waals surface area (Å²) in [4.78, 5) is 22.1. The van der Waals surface area contributed by atoms with Crippen molar-refractivity contribution in [2.75, 3.05) is 0 Å². The van der Waals surface area contributed by atoms with Crippen LogP contribution in [0.4, 0.5) is 0 Å². The highest BCUT2D eigenvalue weighted by molar-refractivity contribution is 5.73. The van der Waals surface area contributed by atoms with E-state index < -0.39 is 0 Å². The molecular formula is C25H22N4O. The largest absolute Gasteiger partial charge is 0.292 e. The van der Waals surface area contributed by atoms with Crippen LogP contribution in [-0.2, 0) is 13.0 Å². The Morgan fingerprint density at radius 1 is 1.03 bits per heavy atom. The number of unbranched alkanes of at least 4 members (excludes halogenated alkanes) is 1. The third-order valence-electron chi connectivity index (χ3n) is 5.22. The molecule has 0 saturated carbocycles. The van der Waals surface area contributed by atoms with Gasteiger partial charge in [0.05, 0.1) is 23.6 Å². The van der Waals surface area contributed by atoms with Crippen molar-refractivity contribution in [2.45, 2.75) is 32.7 Å². The monoisotopic (exact) mass is 394 g/mol. The maximum atomic E-state index is 13.1. The first-order chi connectivity index (χ1) is 14.7. The third kappa shape index (κ3) is 3.85. The van der Waals surface area contributed by atoms with Gasteiger partial charge in [-0.15, -0.1) is 0 Å². The van der Waals surface area contributed by atoms with Crippen molar-refractivity contribution in [3.8, 4) is 17.2 Å². The van der Waals surface area contributed by atoms with Crippen molar-refractivity contribution in [1.82, 2.24) is 14.5 Å². The van der Waals surface area contributed by atoms with Gasteiger partial charge in [-0.3, -0.25) is 9.36 Å². The lowest BCUT2D eigenvalue weighted by Gasteiger charge is -2.14. The van der Waals surface area contributed by atoms with E-state index in [4.69, 9.17) is 0 Å². The van der Waals surface area contributed by atoms with Gasteiger partial charge in [0.25, 0.3) is 5.56 Å². The van der Waals surface area contributed by atoms with Gasteiger partial charge in [-0.2, -0.15) is 5.26 Å². The van der Waals surface area contributed by atoms with Gasteiger partial charge in [-0.05, 0) is 41.3 Å². The first-order valence-corrected chi connectivity index (χ1v) is 10.1. The molecule has 2 heterocycles. The number of nitriles is 1. The van der Waals surface area contributed by atoms with Crippen LogP contribution in [0.1, 0.15) is 36.7 Å². The van der Waals surface area contributed by atoms with E-state index in [-0.39, 0.29) is 5.56 Å². The SMILES string of the molecule is CCCCc1nc2ncccc2c(=O)n1Cc1ccc(-c2ccccc2C#N)cc1. The van der Waals surface area contributed by atoms with Crippen LogP contribution in [0.2, 0.25) is 0 Å². The molecule has 2 aromatic heterocycles. The highest BCUT2D eigenvalue weighted by atomic mass is 16.1. The molecular weight excluding hydrogens is 372 g/mol. The van der Waals surface area contributed by atoms with Crippen molar-refractivity contribution >= 4 is 11.0 Å². The van der Waals surface area contributed by atoms with Crippen molar-refractivity contribution < 1.29 is 0 Å². The normalized spacial score (nSPS) is 10.8. The number of aromatic nitrogens is 3. The van der Waals surface area contributed by atoms with E-state index in [1.807, 2.05) is 48.5 Å². The molecule has 0 amide bonds. The van der Waals surface area contributed by atoms with Crippen LogP contribution >= 0.6 is 0 Å². The Labute approximate surface area is 175 Å². The Morgan fingerprint density at radius 3 is 2.60 bits per heavy atom. The first kappa shape index (κ1) is 19.5. The lowest BCUT2D eigenvalue weighted by molar-refractivity contribution is 0.645. The zero-order chi connectivity index (χ0) is 20.9. The number of pyridine rings is 1. The summed E-state index contributed by atoms with van der Waals surface area (Å²) in [6.07, 6.45) is 4.41. The number of fused-ring (bicyclic) bond motifs is 1. The Kier molecular flexibility index (Phi) is 5.67. The van der Waals surface area contributed by atoms with Crippen LogP contribution in [0.15, 0.2) is 71.7 Å². The van der Waals surface area contributed by atoms with E-state index in [1.54, 1.807) is 22.9 Å². The molecule has 4 aromatic rings. The molecule has 0 unspecified atom stereocenters. The van der Waals surface area contributed by atoms with Crippen LogP contribution in [0, 0.1) is 11.3 Å². The molecule has 148 valence electrons.